The summed E-state index contributed by atoms with van der Waals surface area (Å²) in [6.07, 6.45) is 0.560. The van der Waals surface area contributed by atoms with Gasteiger partial charge in [0, 0.05) is 24.0 Å². The highest BCUT2D eigenvalue weighted by molar-refractivity contribution is 6.30. The molecule has 2 aromatic carbocycles. The molecule has 0 spiro atoms. The van der Waals surface area contributed by atoms with Gasteiger partial charge in [0.05, 0.1) is 5.60 Å². The fraction of sp³-hybridized carbons (Fsp3) is 0.333. The fourth-order valence-electron chi connectivity index (χ4n) is 3.29. The average Bonchev–Trinajstić information content (AvgIpc) is 2.51. The summed E-state index contributed by atoms with van der Waals surface area (Å²) in [5.74, 6) is -0.580. The molecule has 2 atom stereocenters. The van der Waals surface area contributed by atoms with Crippen molar-refractivity contribution in [3.05, 3.63) is 70.5 Å². The molecule has 4 heteroatoms. The van der Waals surface area contributed by atoms with Gasteiger partial charge in [0.2, 0.25) is 0 Å². The van der Waals surface area contributed by atoms with E-state index in [2.05, 4.69) is 4.90 Å². The second-order valence-electron chi connectivity index (χ2n) is 6.02. The van der Waals surface area contributed by atoms with Gasteiger partial charge < -0.3 is 10.0 Å². The van der Waals surface area contributed by atoms with Crippen molar-refractivity contribution in [2.45, 2.75) is 17.9 Å². The molecular weight excluding hydrogens is 301 g/mol. The van der Waals surface area contributed by atoms with Crippen molar-refractivity contribution >= 4 is 11.6 Å². The quantitative estimate of drug-likeness (QED) is 0.910. The zero-order chi connectivity index (χ0) is 15.7. The van der Waals surface area contributed by atoms with Crippen LogP contribution < -0.4 is 0 Å². The zero-order valence-electron chi connectivity index (χ0n) is 12.5. The third kappa shape index (κ3) is 2.76. The molecule has 3 rings (SSSR count). The number of benzene rings is 2. The summed E-state index contributed by atoms with van der Waals surface area (Å²) < 4.78 is 14.3. The maximum atomic E-state index is 14.3. The first-order valence-corrected chi connectivity index (χ1v) is 7.80. The summed E-state index contributed by atoms with van der Waals surface area (Å²) in [6, 6.07) is 13.9. The van der Waals surface area contributed by atoms with Gasteiger partial charge in [-0.05, 0) is 42.8 Å². The van der Waals surface area contributed by atoms with E-state index in [4.69, 9.17) is 11.6 Å². The van der Waals surface area contributed by atoms with Gasteiger partial charge in [-0.15, -0.1) is 0 Å². The van der Waals surface area contributed by atoms with Gasteiger partial charge in [0.1, 0.15) is 5.82 Å². The summed E-state index contributed by atoms with van der Waals surface area (Å²) >= 11 is 5.95. The van der Waals surface area contributed by atoms with Crippen molar-refractivity contribution in [3.8, 4) is 0 Å². The maximum absolute atomic E-state index is 14.3. The lowest BCUT2D eigenvalue weighted by atomic mass is 9.72. The van der Waals surface area contributed by atoms with E-state index in [1.807, 2.05) is 25.2 Å². The maximum Gasteiger partial charge on any atom is 0.126 e. The van der Waals surface area contributed by atoms with Gasteiger partial charge >= 0.3 is 0 Å². The molecule has 0 aromatic heterocycles. The first-order chi connectivity index (χ1) is 10.5. The second-order valence-corrected chi connectivity index (χ2v) is 6.45. The van der Waals surface area contributed by atoms with Crippen LogP contribution in [0.25, 0.3) is 0 Å². The largest absolute Gasteiger partial charge is 0.384 e. The molecule has 0 amide bonds. The van der Waals surface area contributed by atoms with Crippen LogP contribution in [0.3, 0.4) is 0 Å². The number of halogens is 2. The number of likely N-dealkylation sites (tertiary alicyclic amines) is 1. The zero-order valence-corrected chi connectivity index (χ0v) is 13.2. The topological polar surface area (TPSA) is 23.5 Å². The highest BCUT2D eigenvalue weighted by Crippen LogP contribution is 2.43. The molecule has 1 N–H and O–H groups in total. The van der Waals surface area contributed by atoms with Gasteiger partial charge in [-0.25, -0.2) is 4.39 Å². The van der Waals surface area contributed by atoms with Crippen LogP contribution >= 0.6 is 11.6 Å². The van der Waals surface area contributed by atoms with E-state index in [1.54, 1.807) is 24.3 Å². The summed E-state index contributed by atoms with van der Waals surface area (Å²) in [6.45, 7) is 1.38. The van der Waals surface area contributed by atoms with E-state index in [0.717, 1.165) is 12.1 Å². The Morgan fingerprint density at radius 2 is 1.86 bits per heavy atom. The number of hydrogen-bond acceptors (Lipinski definition) is 2. The van der Waals surface area contributed by atoms with E-state index in [9.17, 15) is 9.50 Å². The molecule has 1 aliphatic heterocycles. The van der Waals surface area contributed by atoms with Gasteiger partial charge in [-0.3, -0.25) is 0 Å². The molecule has 1 aliphatic rings. The van der Waals surface area contributed by atoms with E-state index >= 15 is 0 Å². The predicted molar refractivity (Wildman–Crippen MR) is 86.6 cm³/mol. The molecular formula is C18H19ClFNO. The van der Waals surface area contributed by atoms with Crippen molar-refractivity contribution in [1.29, 1.82) is 0 Å². The first kappa shape index (κ1) is 15.5. The minimum Gasteiger partial charge on any atom is -0.384 e. The first-order valence-electron chi connectivity index (χ1n) is 7.42. The minimum atomic E-state index is -1.08. The Kier molecular flexibility index (Phi) is 4.22. The van der Waals surface area contributed by atoms with Crippen LogP contribution in [0.5, 0.6) is 0 Å². The van der Waals surface area contributed by atoms with Crippen LogP contribution in [0, 0.1) is 5.82 Å². The minimum absolute atomic E-state index is 0.268. The van der Waals surface area contributed by atoms with E-state index in [1.165, 1.54) is 6.07 Å². The smallest absolute Gasteiger partial charge is 0.126 e. The summed E-state index contributed by atoms with van der Waals surface area (Å²) in [7, 11) is 2.00. The lowest BCUT2D eigenvalue weighted by molar-refractivity contribution is -0.0428. The molecule has 0 radical (unpaired) electrons. The van der Waals surface area contributed by atoms with Gasteiger partial charge in [0.15, 0.2) is 0 Å². The van der Waals surface area contributed by atoms with Crippen LogP contribution in [0.4, 0.5) is 4.39 Å². The average molecular weight is 320 g/mol. The van der Waals surface area contributed by atoms with Gasteiger partial charge in [0.25, 0.3) is 0 Å². The Morgan fingerprint density at radius 3 is 2.55 bits per heavy atom. The van der Waals surface area contributed by atoms with Crippen molar-refractivity contribution in [1.82, 2.24) is 4.90 Å². The van der Waals surface area contributed by atoms with Crippen LogP contribution in [-0.2, 0) is 5.60 Å². The Balaban J connectivity index is 2.07. The van der Waals surface area contributed by atoms with Crippen molar-refractivity contribution < 1.29 is 9.50 Å². The number of hydrogen-bond donors (Lipinski definition) is 1. The third-order valence-electron chi connectivity index (χ3n) is 4.57. The molecule has 0 aliphatic carbocycles. The van der Waals surface area contributed by atoms with E-state index < -0.39 is 5.60 Å². The number of rotatable bonds is 2. The third-order valence-corrected chi connectivity index (χ3v) is 4.82. The molecule has 2 unspecified atom stereocenters. The lowest BCUT2D eigenvalue weighted by Gasteiger charge is -2.44. The Bertz CT molecular complexity index is 660. The molecule has 1 heterocycles. The molecule has 22 heavy (non-hydrogen) atoms. The van der Waals surface area contributed by atoms with Crippen molar-refractivity contribution in [2.75, 3.05) is 20.1 Å². The number of nitrogens with zero attached hydrogens (tertiary/aromatic N) is 1. The van der Waals surface area contributed by atoms with Gasteiger partial charge in [-0.1, -0.05) is 41.9 Å². The lowest BCUT2D eigenvalue weighted by Crippen LogP contribution is -2.47. The summed E-state index contributed by atoms with van der Waals surface area (Å²) in [5.41, 5.74) is 0.268. The van der Waals surface area contributed by atoms with Crippen LogP contribution in [0.1, 0.15) is 23.5 Å². The number of piperidine rings is 1. The highest BCUT2D eigenvalue weighted by Gasteiger charge is 2.43. The Morgan fingerprint density at radius 1 is 1.18 bits per heavy atom. The van der Waals surface area contributed by atoms with E-state index in [-0.39, 0.29) is 11.7 Å². The van der Waals surface area contributed by atoms with Crippen LogP contribution in [0.2, 0.25) is 5.02 Å². The van der Waals surface area contributed by atoms with Crippen LogP contribution in [-0.4, -0.2) is 30.1 Å². The normalized spacial score (nSPS) is 26.1. The summed E-state index contributed by atoms with van der Waals surface area (Å²) in [4.78, 5) is 2.13. The standard InChI is InChI=1S/C18H19ClFNO/c1-21-11-10-18(22,13-6-8-14(19)9-7-13)16(12-21)15-4-2-3-5-17(15)20/h2-9,16,22H,10-12H2,1H3. The molecule has 0 bridgehead atoms. The summed E-state index contributed by atoms with van der Waals surface area (Å²) in [5, 5.41) is 12.0. The van der Waals surface area contributed by atoms with E-state index in [0.29, 0.717) is 23.6 Å². The molecule has 0 saturated carbocycles. The van der Waals surface area contributed by atoms with Crippen molar-refractivity contribution in [3.63, 3.8) is 0 Å². The molecule has 1 saturated heterocycles. The molecule has 2 nitrogen and oxygen atoms in total. The van der Waals surface area contributed by atoms with Crippen LogP contribution in [0.15, 0.2) is 48.5 Å². The predicted octanol–water partition coefficient (Wildman–Crippen LogP) is 3.79. The highest BCUT2D eigenvalue weighted by atomic mass is 35.5. The molecule has 2 aromatic rings. The monoisotopic (exact) mass is 319 g/mol. The number of aliphatic hydroxyl groups is 1. The second kappa shape index (κ2) is 5.99. The fourth-order valence-corrected chi connectivity index (χ4v) is 3.41. The Labute approximate surface area is 135 Å². The molecule has 1 fully saturated rings. The Hall–Kier alpha value is -1.42. The number of likely N-dealkylation sites (N-methyl/N-ethyl adjacent to an activating group) is 1. The molecule has 116 valence electrons. The van der Waals surface area contributed by atoms with Gasteiger partial charge in [-0.2, -0.15) is 0 Å². The SMILES string of the molecule is CN1CCC(O)(c2ccc(Cl)cc2)C(c2ccccc2F)C1. The van der Waals surface area contributed by atoms with Crippen molar-refractivity contribution in [2.24, 2.45) is 0 Å².